The molecule has 5 nitrogen and oxygen atoms in total. The molecule has 2 heterocycles. The Kier molecular flexibility index (Phi) is 5.14. The Hall–Kier alpha value is -1.95. The van der Waals surface area contributed by atoms with E-state index in [-0.39, 0.29) is 5.91 Å². The van der Waals surface area contributed by atoms with Gasteiger partial charge in [-0.25, -0.2) is 0 Å². The number of benzene rings is 1. The highest BCUT2D eigenvalue weighted by Gasteiger charge is 2.24. The van der Waals surface area contributed by atoms with Crippen molar-refractivity contribution >= 4 is 27.5 Å². The van der Waals surface area contributed by atoms with Gasteiger partial charge in [0.05, 0.1) is 7.11 Å². The molecular formula is C18H22BrN3O2. The van der Waals surface area contributed by atoms with Crippen LogP contribution in [-0.4, -0.2) is 48.7 Å². The van der Waals surface area contributed by atoms with Crippen LogP contribution in [0, 0.1) is 0 Å². The average Bonchev–Trinajstić information content (AvgIpc) is 3.02. The summed E-state index contributed by atoms with van der Waals surface area (Å²) in [5.74, 6) is 0.968. The van der Waals surface area contributed by atoms with Crippen LogP contribution in [0.1, 0.15) is 17.4 Å². The van der Waals surface area contributed by atoms with Gasteiger partial charge in [-0.1, -0.05) is 0 Å². The zero-order valence-electron chi connectivity index (χ0n) is 14.0. The third kappa shape index (κ3) is 3.43. The van der Waals surface area contributed by atoms with E-state index in [1.165, 1.54) is 5.69 Å². The zero-order valence-corrected chi connectivity index (χ0v) is 15.6. The molecule has 1 fully saturated rings. The Balaban J connectivity index is 1.64. The fourth-order valence-corrected chi connectivity index (χ4v) is 3.50. The minimum Gasteiger partial charge on any atom is -0.497 e. The van der Waals surface area contributed by atoms with Crippen LogP contribution in [0.15, 0.2) is 41.0 Å². The number of halogens is 1. The molecule has 2 aromatic rings. The third-order valence-electron chi connectivity index (χ3n) is 4.43. The number of aromatic nitrogens is 1. The van der Waals surface area contributed by atoms with Crippen molar-refractivity contribution in [2.24, 2.45) is 0 Å². The molecule has 3 rings (SSSR count). The van der Waals surface area contributed by atoms with Crippen LogP contribution in [-0.2, 0) is 6.54 Å². The summed E-state index contributed by atoms with van der Waals surface area (Å²) < 4.78 is 8.14. The van der Waals surface area contributed by atoms with Gasteiger partial charge in [-0.15, -0.1) is 0 Å². The predicted molar refractivity (Wildman–Crippen MR) is 98.9 cm³/mol. The molecule has 0 radical (unpaired) electrons. The summed E-state index contributed by atoms with van der Waals surface area (Å²) in [6.07, 6.45) is 1.96. The fraction of sp³-hybridized carbons (Fsp3) is 0.389. The summed E-state index contributed by atoms with van der Waals surface area (Å²) in [4.78, 5) is 17.0. The van der Waals surface area contributed by atoms with E-state index in [2.05, 4.69) is 33.0 Å². The van der Waals surface area contributed by atoms with Crippen molar-refractivity contribution in [3.63, 3.8) is 0 Å². The Bertz CT molecular complexity index is 704. The van der Waals surface area contributed by atoms with Crippen molar-refractivity contribution in [3.8, 4) is 5.75 Å². The zero-order chi connectivity index (χ0) is 17.1. The molecule has 0 unspecified atom stereocenters. The fourth-order valence-electron chi connectivity index (χ4n) is 3.04. The normalized spacial score (nSPS) is 14.8. The minimum atomic E-state index is 0.108. The lowest BCUT2D eigenvalue weighted by Crippen LogP contribution is -2.49. The molecule has 0 N–H and O–H groups in total. The van der Waals surface area contributed by atoms with E-state index in [1.807, 2.05) is 40.8 Å². The number of carbonyl (C=O) groups is 1. The van der Waals surface area contributed by atoms with Crippen molar-refractivity contribution in [3.05, 3.63) is 46.7 Å². The van der Waals surface area contributed by atoms with Gasteiger partial charge >= 0.3 is 0 Å². The van der Waals surface area contributed by atoms with E-state index in [0.717, 1.165) is 48.6 Å². The number of nitrogens with zero attached hydrogens (tertiary/aromatic N) is 3. The maximum atomic E-state index is 12.8. The number of amides is 1. The number of rotatable bonds is 4. The number of anilines is 1. The van der Waals surface area contributed by atoms with E-state index in [1.54, 1.807) is 7.11 Å². The first-order valence-electron chi connectivity index (χ1n) is 8.16. The van der Waals surface area contributed by atoms with E-state index in [0.29, 0.717) is 0 Å². The Morgan fingerprint density at radius 1 is 1.17 bits per heavy atom. The SMILES string of the molecule is CCn1cc(Br)cc1C(=O)N1CCN(c2ccc(OC)cc2)CC1. The maximum absolute atomic E-state index is 12.8. The molecule has 1 saturated heterocycles. The van der Waals surface area contributed by atoms with Gasteiger partial charge in [-0.05, 0) is 53.2 Å². The van der Waals surface area contributed by atoms with Gasteiger partial charge in [-0.2, -0.15) is 0 Å². The van der Waals surface area contributed by atoms with Gasteiger partial charge in [-0.3, -0.25) is 4.79 Å². The first kappa shape index (κ1) is 16.9. The van der Waals surface area contributed by atoms with Crippen molar-refractivity contribution in [1.29, 1.82) is 0 Å². The van der Waals surface area contributed by atoms with Gasteiger partial charge in [0.1, 0.15) is 11.4 Å². The van der Waals surface area contributed by atoms with E-state index < -0.39 is 0 Å². The van der Waals surface area contributed by atoms with Crippen LogP contribution in [0.5, 0.6) is 5.75 Å². The minimum absolute atomic E-state index is 0.108. The number of hydrogen-bond donors (Lipinski definition) is 0. The summed E-state index contributed by atoms with van der Waals surface area (Å²) in [6.45, 7) is 5.98. The molecule has 6 heteroatoms. The lowest BCUT2D eigenvalue weighted by atomic mass is 10.2. The van der Waals surface area contributed by atoms with Gasteiger partial charge in [0.2, 0.25) is 0 Å². The monoisotopic (exact) mass is 391 g/mol. The molecule has 0 aliphatic carbocycles. The average molecular weight is 392 g/mol. The highest BCUT2D eigenvalue weighted by molar-refractivity contribution is 9.10. The largest absolute Gasteiger partial charge is 0.497 e. The van der Waals surface area contributed by atoms with Crippen molar-refractivity contribution in [2.75, 3.05) is 38.2 Å². The van der Waals surface area contributed by atoms with Crippen LogP contribution in [0.2, 0.25) is 0 Å². The summed E-state index contributed by atoms with van der Waals surface area (Å²) in [7, 11) is 1.67. The second-order valence-corrected chi connectivity index (χ2v) is 6.72. The number of aryl methyl sites for hydroxylation is 1. The van der Waals surface area contributed by atoms with E-state index >= 15 is 0 Å². The molecule has 1 aliphatic rings. The smallest absolute Gasteiger partial charge is 0.270 e. The highest BCUT2D eigenvalue weighted by atomic mass is 79.9. The van der Waals surface area contributed by atoms with Crippen molar-refractivity contribution < 1.29 is 9.53 Å². The molecule has 128 valence electrons. The Labute approximate surface area is 150 Å². The van der Waals surface area contributed by atoms with Gasteiger partial charge in [0.25, 0.3) is 5.91 Å². The molecule has 0 atom stereocenters. The summed E-state index contributed by atoms with van der Waals surface area (Å²) in [5, 5.41) is 0. The van der Waals surface area contributed by atoms with Crippen LogP contribution < -0.4 is 9.64 Å². The summed E-state index contributed by atoms with van der Waals surface area (Å²) >= 11 is 3.46. The summed E-state index contributed by atoms with van der Waals surface area (Å²) in [6, 6.07) is 9.98. The van der Waals surface area contributed by atoms with Crippen LogP contribution in [0.4, 0.5) is 5.69 Å². The molecule has 24 heavy (non-hydrogen) atoms. The second kappa shape index (κ2) is 7.30. The number of ether oxygens (including phenoxy) is 1. The van der Waals surface area contributed by atoms with Crippen molar-refractivity contribution in [1.82, 2.24) is 9.47 Å². The lowest BCUT2D eigenvalue weighted by molar-refractivity contribution is 0.0736. The Morgan fingerprint density at radius 2 is 1.83 bits per heavy atom. The van der Waals surface area contributed by atoms with Crippen molar-refractivity contribution in [2.45, 2.75) is 13.5 Å². The van der Waals surface area contributed by atoms with Gasteiger partial charge in [0, 0.05) is 49.1 Å². The van der Waals surface area contributed by atoms with E-state index in [4.69, 9.17) is 4.74 Å². The van der Waals surface area contributed by atoms with Crippen LogP contribution >= 0.6 is 15.9 Å². The molecule has 1 aliphatic heterocycles. The molecule has 1 aromatic carbocycles. The number of hydrogen-bond acceptors (Lipinski definition) is 3. The third-order valence-corrected chi connectivity index (χ3v) is 4.86. The molecule has 1 amide bonds. The number of carbonyl (C=O) groups excluding carboxylic acids is 1. The van der Waals surface area contributed by atoms with Crippen LogP contribution in [0.3, 0.4) is 0 Å². The number of methoxy groups -OCH3 is 1. The molecule has 0 saturated carbocycles. The second-order valence-electron chi connectivity index (χ2n) is 5.81. The first-order valence-corrected chi connectivity index (χ1v) is 8.95. The molecule has 1 aromatic heterocycles. The van der Waals surface area contributed by atoms with Crippen LogP contribution in [0.25, 0.3) is 0 Å². The lowest BCUT2D eigenvalue weighted by Gasteiger charge is -2.36. The molecule has 0 bridgehead atoms. The molecule has 0 spiro atoms. The van der Waals surface area contributed by atoms with E-state index in [9.17, 15) is 4.79 Å². The molecular weight excluding hydrogens is 370 g/mol. The Morgan fingerprint density at radius 3 is 2.42 bits per heavy atom. The maximum Gasteiger partial charge on any atom is 0.270 e. The van der Waals surface area contributed by atoms with Gasteiger partial charge < -0.3 is 19.1 Å². The quantitative estimate of drug-likeness (QED) is 0.802. The topological polar surface area (TPSA) is 37.7 Å². The number of piperazine rings is 1. The first-order chi connectivity index (χ1) is 11.6. The predicted octanol–water partition coefficient (Wildman–Crippen LogP) is 3.24. The van der Waals surface area contributed by atoms with Gasteiger partial charge in [0.15, 0.2) is 0 Å². The standard InChI is InChI=1S/C18H22BrN3O2/c1-3-20-13-14(19)12-17(20)18(23)22-10-8-21(9-11-22)15-4-6-16(24-2)7-5-15/h4-7,12-13H,3,8-11H2,1-2H3. The summed E-state index contributed by atoms with van der Waals surface area (Å²) in [5.41, 5.74) is 1.92. The highest BCUT2D eigenvalue weighted by Crippen LogP contribution is 2.22.